The van der Waals surface area contributed by atoms with Crippen molar-refractivity contribution in [3.05, 3.63) is 20.3 Å². The number of piperidine rings is 1. The lowest BCUT2D eigenvalue weighted by molar-refractivity contribution is -0.124. The number of halogens is 1. The van der Waals surface area contributed by atoms with Crippen LogP contribution in [0.4, 0.5) is 0 Å². The molecule has 0 aromatic carbocycles. The maximum absolute atomic E-state index is 11.8. The summed E-state index contributed by atoms with van der Waals surface area (Å²) in [6.07, 6.45) is 5.58. The summed E-state index contributed by atoms with van der Waals surface area (Å²) in [5, 5.41) is 6.49. The highest BCUT2D eigenvalue weighted by atomic mass is 79.9. The maximum atomic E-state index is 11.8. The lowest BCUT2D eigenvalue weighted by atomic mass is 9.92. The van der Waals surface area contributed by atoms with Crippen LogP contribution in [0.5, 0.6) is 0 Å². The van der Waals surface area contributed by atoms with E-state index in [1.54, 1.807) is 0 Å². The number of fused-ring (bicyclic) bond motifs is 1. The summed E-state index contributed by atoms with van der Waals surface area (Å²) in [4.78, 5) is 13.3. The quantitative estimate of drug-likeness (QED) is 0.876. The molecule has 1 fully saturated rings. The van der Waals surface area contributed by atoms with Gasteiger partial charge in [-0.2, -0.15) is 0 Å². The summed E-state index contributed by atoms with van der Waals surface area (Å²) in [6.45, 7) is 0.830. The molecule has 2 atom stereocenters. The first-order chi connectivity index (χ1) is 8.74. The average molecular weight is 329 g/mol. The maximum Gasteiger partial charge on any atom is 0.237 e. The third kappa shape index (κ3) is 2.49. The molecule has 2 N–H and O–H groups in total. The highest BCUT2D eigenvalue weighted by Gasteiger charge is 2.28. The van der Waals surface area contributed by atoms with Crippen molar-refractivity contribution in [2.45, 2.75) is 44.2 Å². The van der Waals surface area contributed by atoms with E-state index in [1.807, 2.05) is 11.3 Å². The molecule has 1 aromatic heterocycles. The average Bonchev–Trinajstić information content (AvgIpc) is 2.73. The fourth-order valence-electron chi connectivity index (χ4n) is 2.87. The van der Waals surface area contributed by atoms with Crippen molar-refractivity contribution in [1.29, 1.82) is 0 Å². The molecule has 3 nitrogen and oxygen atoms in total. The number of carbonyl (C=O) groups excluding carboxylic acids is 1. The van der Waals surface area contributed by atoms with E-state index in [0.29, 0.717) is 6.04 Å². The SMILES string of the molecule is O=C1NCCCC1NC1CCCc2sc(Br)cc21. The van der Waals surface area contributed by atoms with E-state index < -0.39 is 0 Å². The molecule has 2 aliphatic rings. The van der Waals surface area contributed by atoms with Crippen LogP contribution in [-0.2, 0) is 11.2 Å². The molecule has 0 radical (unpaired) electrons. The van der Waals surface area contributed by atoms with E-state index in [4.69, 9.17) is 0 Å². The van der Waals surface area contributed by atoms with E-state index >= 15 is 0 Å². The predicted molar refractivity (Wildman–Crippen MR) is 76.9 cm³/mol. The van der Waals surface area contributed by atoms with Crippen molar-refractivity contribution in [2.75, 3.05) is 6.54 Å². The molecular formula is C13H17BrN2OS. The molecule has 98 valence electrons. The second kappa shape index (κ2) is 5.31. The van der Waals surface area contributed by atoms with Crippen LogP contribution >= 0.6 is 27.3 Å². The summed E-state index contributed by atoms with van der Waals surface area (Å²) < 4.78 is 1.20. The molecule has 0 bridgehead atoms. The van der Waals surface area contributed by atoms with Crippen molar-refractivity contribution in [3.8, 4) is 0 Å². The first-order valence-corrected chi connectivity index (χ1v) is 8.17. The van der Waals surface area contributed by atoms with Crippen LogP contribution in [0, 0.1) is 0 Å². The van der Waals surface area contributed by atoms with Gasteiger partial charge in [0.1, 0.15) is 0 Å². The van der Waals surface area contributed by atoms with Gasteiger partial charge in [0.2, 0.25) is 5.91 Å². The number of carbonyl (C=O) groups is 1. The van der Waals surface area contributed by atoms with Crippen LogP contribution in [0.3, 0.4) is 0 Å². The van der Waals surface area contributed by atoms with Gasteiger partial charge in [-0.3, -0.25) is 10.1 Å². The van der Waals surface area contributed by atoms with Gasteiger partial charge in [0.25, 0.3) is 0 Å². The Balaban J connectivity index is 1.75. The predicted octanol–water partition coefficient (Wildman–Crippen LogP) is 2.76. The Bertz CT molecular complexity index is 460. The lowest BCUT2D eigenvalue weighted by Gasteiger charge is -2.30. The highest BCUT2D eigenvalue weighted by molar-refractivity contribution is 9.11. The second-order valence-corrected chi connectivity index (χ2v) is 7.54. The molecule has 1 aromatic rings. The molecule has 1 amide bonds. The van der Waals surface area contributed by atoms with Crippen LogP contribution in [-0.4, -0.2) is 18.5 Å². The van der Waals surface area contributed by atoms with Crippen LogP contribution < -0.4 is 10.6 Å². The minimum Gasteiger partial charge on any atom is -0.355 e. The fourth-order valence-corrected chi connectivity index (χ4v) is 4.69. The molecule has 2 heterocycles. The molecule has 5 heteroatoms. The van der Waals surface area contributed by atoms with Crippen molar-refractivity contribution < 1.29 is 4.79 Å². The van der Waals surface area contributed by atoms with Gasteiger partial charge in [0, 0.05) is 17.5 Å². The third-order valence-electron chi connectivity index (χ3n) is 3.77. The molecule has 1 aliphatic heterocycles. The molecular weight excluding hydrogens is 312 g/mol. The smallest absolute Gasteiger partial charge is 0.237 e. The van der Waals surface area contributed by atoms with Crippen molar-refractivity contribution in [2.24, 2.45) is 0 Å². The molecule has 0 saturated carbocycles. The van der Waals surface area contributed by atoms with Gasteiger partial charge in [0.15, 0.2) is 0 Å². The zero-order valence-electron chi connectivity index (χ0n) is 10.2. The fraction of sp³-hybridized carbons (Fsp3) is 0.615. The second-order valence-electron chi connectivity index (χ2n) is 5.03. The highest BCUT2D eigenvalue weighted by Crippen LogP contribution is 2.38. The zero-order valence-corrected chi connectivity index (χ0v) is 12.6. The first-order valence-electron chi connectivity index (χ1n) is 6.56. The first kappa shape index (κ1) is 12.6. The zero-order chi connectivity index (χ0) is 12.5. The van der Waals surface area contributed by atoms with E-state index in [-0.39, 0.29) is 11.9 Å². The molecule has 18 heavy (non-hydrogen) atoms. The third-order valence-corrected chi connectivity index (χ3v) is 5.48. The number of hydrogen-bond acceptors (Lipinski definition) is 3. The van der Waals surface area contributed by atoms with E-state index in [1.165, 1.54) is 27.1 Å². The summed E-state index contributed by atoms with van der Waals surface area (Å²) in [5.74, 6) is 0.169. The number of aryl methyl sites for hydroxylation is 1. The molecule has 1 saturated heterocycles. The Labute approximate surface area is 119 Å². The van der Waals surface area contributed by atoms with Crippen LogP contribution in [0.2, 0.25) is 0 Å². The summed E-state index contributed by atoms with van der Waals surface area (Å²) in [7, 11) is 0. The monoisotopic (exact) mass is 328 g/mol. The number of nitrogens with one attached hydrogen (secondary N) is 2. The van der Waals surface area contributed by atoms with E-state index in [2.05, 4.69) is 32.6 Å². The van der Waals surface area contributed by atoms with Gasteiger partial charge in [-0.1, -0.05) is 0 Å². The number of rotatable bonds is 2. The Kier molecular flexibility index (Phi) is 3.73. The Hall–Kier alpha value is -0.390. The largest absolute Gasteiger partial charge is 0.355 e. The summed E-state index contributed by atoms with van der Waals surface area (Å²) in [6, 6.07) is 2.57. The van der Waals surface area contributed by atoms with Crippen molar-refractivity contribution in [1.82, 2.24) is 10.6 Å². The van der Waals surface area contributed by atoms with Crippen molar-refractivity contribution >= 4 is 33.2 Å². The van der Waals surface area contributed by atoms with Gasteiger partial charge in [-0.15, -0.1) is 11.3 Å². The van der Waals surface area contributed by atoms with E-state index in [0.717, 1.165) is 25.8 Å². The topological polar surface area (TPSA) is 41.1 Å². The van der Waals surface area contributed by atoms with Crippen LogP contribution in [0.15, 0.2) is 9.85 Å². The summed E-state index contributed by atoms with van der Waals surface area (Å²) >= 11 is 5.40. The number of amides is 1. The molecule has 0 spiro atoms. The van der Waals surface area contributed by atoms with Crippen molar-refractivity contribution in [3.63, 3.8) is 0 Å². The minimum atomic E-state index is -0.00613. The van der Waals surface area contributed by atoms with Gasteiger partial charge < -0.3 is 5.32 Å². The lowest BCUT2D eigenvalue weighted by Crippen LogP contribution is -2.49. The summed E-state index contributed by atoms with van der Waals surface area (Å²) in [5.41, 5.74) is 1.40. The van der Waals surface area contributed by atoms with Gasteiger partial charge in [-0.05, 0) is 59.7 Å². The Morgan fingerprint density at radius 3 is 3.00 bits per heavy atom. The molecule has 2 unspecified atom stereocenters. The number of hydrogen-bond donors (Lipinski definition) is 2. The minimum absolute atomic E-state index is 0.00613. The normalized spacial score (nSPS) is 27.7. The number of thiophene rings is 1. The Morgan fingerprint density at radius 1 is 1.33 bits per heavy atom. The van der Waals surface area contributed by atoms with Gasteiger partial charge >= 0.3 is 0 Å². The molecule has 1 aliphatic carbocycles. The van der Waals surface area contributed by atoms with E-state index in [9.17, 15) is 4.79 Å². The standard InChI is InChI=1S/C13H17BrN2OS/c14-12-7-8-9(3-1-5-11(8)18-12)16-10-4-2-6-15-13(10)17/h7,9-10,16H,1-6H2,(H,15,17). The van der Waals surface area contributed by atoms with Gasteiger partial charge in [-0.25, -0.2) is 0 Å². The van der Waals surface area contributed by atoms with Crippen LogP contribution in [0.1, 0.15) is 42.2 Å². The Morgan fingerprint density at radius 2 is 2.17 bits per heavy atom. The van der Waals surface area contributed by atoms with Gasteiger partial charge in [0.05, 0.1) is 9.83 Å². The van der Waals surface area contributed by atoms with Crippen LogP contribution in [0.25, 0.3) is 0 Å². The molecule has 3 rings (SSSR count).